The summed E-state index contributed by atoms with van der Waals surface area (Å²) in [4.78, 5) is 25.6. The molecule has 0 aromatic heterocycles. The highest BCUT2D eigenvalue weighted by Gasteiger charge is 2.55. The third-order valence-electron chi connectivity index (χ3n) is 5.05. The number of hydrogen-bond donors (Lipinski definition) is 0. The Kier molecular flexibility index (Phi) is 4.08. The predicted octanol–water partition coefficient (Wildman–Crippen LogP) is 1.05. The molecule has 0 aromatic rings. The quantitative estimate of drug-likeness (QED) is 0.753. The SMILES string of the molecule is CCN(CC)C(=O)[C@@H]1CC[C@@](C)(C(=O)[O-])C1(C)C. The summed E-state index contributed by atoms with van der Waals surface area (Å²) in [6.07, 6.45) is 1.15. The summed E-state index contributed by atoms with van der Waals surface area (Å²) < 4.78 is 0. The highest BCUT2D eigenvalue weighted by molar-refractivity contribution is 5.83. The second-order valence-electron chi connectivity index (χ2n) is 5.94. The van der Waals surface area contributed by atoms with Crippen LogP contribution in [-0.4, -0.2) is 29.9 Å². The summed E-state index contributed by atoms with van der Waals surface area (Å²) in [5.74, 6) is -1.18. The van der Waals surface area contributed by atoms with E-state index in [0.717, 1.165) is 0 Å². The number of rotatable bonds is 4. The molecule has 0 bridgehead atoms. The van der Waals surface area contributed by atoms with Crippen LogP contribution in [0.1, 0.15) is 47.5 Å². The Morgan fingerprint density at radius 2 is 1.72 bits per heavy atom. The van der Waals surface area contributed by atoms with E-state index in [4.69, 9.17) is 0 Å². The van der Waals surface area contributed by atoms with Crippen molar-refractivity contribution in [2.75, 3.05) is 13.1 Å². The lowest BCUT2D eigenvalue weighted by Gasteiger charge is -2.42. The van der Waals surface area contributed by atoms with Gasteiger partial charge < -0.3 is 14.8 Å². The monoisotopic (exact) mass is 254 g/mol. The van der Waals surface area contributed by atoms with Crippen LogP contribution < -0.4 is 5.11 Å². The van der Waals surface area contributed by atoms with Gasteiger partial charge in [0.05, 0.1) is 0 Å². The van der Waals surface area contributed by atoms with Crippen molar-refractivity contribution in [2.24, 2.45) is 16.7 Å². The van der Waals surface area contributed by atoms with Crippen LogP contribution >= 0.6 is 0 Å². The molecule has 1 aliphatic rings. The van der Waals surface area contributed by atoms with Crippen LogP contribution in [0.15, 0.2) is 0 Å². The largest absolute Gasteiger partial charge is 0.550 e. The topological polar surface area (TPSA) is 60.4 Å². The molecule has 0 saturated heterocycles. The highest BCUT2D eigenvalue weighted by atomic mass is 16.4. The van der Waals surface area contributed by atoms with E-state index in [-0.39, 0.29) is 11.8 Å². The Morgan fingerprint density at radius 1 is 1.22 bits per heavy atom. The molecule has 1 rings (SSSR count). The summed E-state index contributed by atoms with van der Waals surface area (Å²) in [7, 11) is 0. The van der Waals surface area contributed by atoms with Gasteiger partial charge in [0.15, 0.2) is 0 Å². The Bertz CT molecular complexity index is 347. The van der Waals surface area contributed by atoms with Crippen LogP contribution in [0.3, 0.4) is 0 Å². The zero-order valence-corrected chi connectivity index (χ0v) is 12.1. The fourth-order valence-corrected chi connectivity index (χ4v) is 3.05. The van der Waals surface area contributed by atoms with Gasteiger partial charge in [-0.25, -0.2) is 0 Å². The van der Waals surface area contributed by atoms with Gasteiger partial charge in [-0.15, -0.1) is 0 Å². The van der Waals surface area contributed by atoms with E-state index in [2.05, 4.69) is 0 Å². The Morgan fingerprint density at radius 3 is 2.06 bits per heavy atom. The first kappa shape index (κ1) is 15.0. The molecule has 0 unspecified atom stereocenters. The number of carbonyl (C=O) groups excluding carboxylic acids is 2. The van der Waals surface area contributed by atoms with Crippen molar-refractivity contribution in [3.05, 3.63) is 0 Å². The fraction of sp³-hybridized carbons (Fsp3) is 0.857. The van der Waals surface area contributed by atoms with E-state index < -0.39 is 16.8 Å². The lowest BCUT2D eigenvalue weighted by molar-refractivity contribution is -0.323. The number of carboxylic acid groups (broad SMARTS) is 1. The minimum atomic E-state index is -1.04. The molecule has 1 amide bonds. The van der Waals surface area contributed by atoms with E-state index in [9.17, 15) is 14.7 Å². The van der Waals surface area contributed by atoms with Crippen LogP contribution in [0.25, 0.3) is 0 Å². The average molecular weight is 254 g/mol. The van der Waals surface area contributed by atoms with Crippen LogP contribution in [0.4, 0.5) is 0 Å². The smallest absolute Gasteiger partial charge is 0.226 e. The van der Waals surface area contributed by atoms with Crippen LogP contribution in [0, 0.1) is 16.7 Å². The summed E-state index contributed by atoms with van der Waals surface area (Å²) in [6.45, 7) is 10.7. The normalized spacial score (nSPS) is 30.2. The van der Waals surface area contributed by atoms with E-state index >= 15 is 0 Å². The van der Waals surface area contributed by atoms with Crippen molar-refractivity contribution in [2.45, 2.75) is 47.5 Å². The fourth-order valence-electron chi connectivity index (χ4n) is 3.05. The second kappa shape index (κ2) is 4.90. The van der Waals surface area contributed by atoms with Gasteiger partial charge in [-0.1, -0.05) is 20.8 Å². The minimum Gasteiger partial charge on any atom is -0.550 e. The lowest BCUT2D eigenvalue weighted by Crippen LogP contribution is -2.51. The Labute approximate surface area is 109 Å². The van der Waals surface area contributed by atoms with E-state index in [1.807, 2.05) is 27.7 Å². The molecule has 0 N–H and O–H groups in total. The van der Waals surface area contributed by atoms with Crippen LogP contribution in [0.2, 0.25) is 0 Å². The van der Waals surface area contributed by atoms with Crippen molar-refractivity contribution >= 4 is 11.9 Å². The van der Waals surface area contributed by atoms with E-state index in [1.165, 1.54) is 0 Å². The number of nitrogens with zero attached hydrogens (tertiary/aromatic N) is 1. The van der Waals surface area contributed by atoms with Crippen molar-refractivity contribution < 1.29 is 14.7 Å². The number of carbonyl (C=O) groups is 2. The maximum absolute atomic E-state index is 12.4. The third-order valence-corrected chi connectivity index (χ3v) is 5.05. The van der Waals surface area contributed by atoms with Gasteiger partial charge >= 0.3 is 0 Å². The lowest BCUT2D eigenvalue weighted by atomic mass is 9.65. The molecular formula is C14H24NO3-. The van der Waals surface area contributed by atoms with Crippen molar-refractivity contribution in [1.82, 2.24) is 4.90 Å². The summed E-state index contributed by atoms with van der Waals surface area (Å²) in [5, 5.41) is 11.4. The summed E-state index contributed by atoms with van der Waals surface area (Å²) >= 11 is 0. The predicted molar refractivity (Wildman–Crippen MR) is 67.5 cm³/mol. The number of aliphatic carboxylic acids is 1. The number of amides is 1. The van der Waals surface area contributed by atoms with Gasteiger partial charge in [-0.2, -0.15) is 0 Å². The first-order chi connectivity index (χ1) is 8.22. The molecule has 4 heteroatoms. The molecule has 2 atom stereocenters. The first-order valence-electron chi connectivity index (χ1n) is 6.72. The molecule has 1 aliphatic carbocycles. The highest BCUT2D eigenvalue weighted by Crippen LogP contribution is 2.56. The molecular weight excluding hydrogens is 230 g/mol. The first-order valence-corrected chi connectivity index (χ1v) is 6.72. The zero-order chi connectivity index (χ0) is 14.1. The van der Waals surface area contributed by atoms with Gasteiger partial charge in [-0.05, 0) is 32.1 Å². The molecule has 0 spiro atoms. The van der Waals surface area contributed by atoms with Crippen molar-refractivity contribution in [3.63, 3.8) is 0 Å². The second-order valence-corrected chi connectivity index (χ2v) is 5.94. The van der Waals surface area contributed by atoms with E-state index in [1.54, 1.807) is 11.8 Å². The third kappa shape index (κ3) is 2.02. The molecule has 1 fully saturated rings. The van der Waals surface area contributed by atoms with Gasteiger partial charge in [0.1, 0.15) is 0 Å². The molecule has 0 aromatic carbocycles. The number of carboxylic acids is 1. The summed E-state index contributed by atoms with van der Waals surface area (Å²) in [5.41, 5.74) is -1.48. The Balaban J connectivity index is 3.02. The van der Waals surface area contributed by atoms with E-state index in [0.29, 0.717) is 25.9 Å². The standard InChI is InChI=1S/C14H25NO3/c1-6-15(7-2)11(16)10-8-9-14(5,12(17)18)13(10,3)4/h10H,6-9H2,1-5H3,(H,17,18)/p-1/t10-,14-/m0/s1. The van der Waals surface area contributed by atoms with Gasteiger partial charge in [0.2, 0.25) is 5.91 Å². The van der Waals surface area contributed by atoms with Crippen LogP contribution in [-0.2, 0) is 9.59 Å². The molecule has 0 radical (unpaired) electrons. The molecule has 1 saturated carbocycles. The van der Waals surface area contributed by atoms with Crippen molar-refractivity contribution in [1.29, 1.82) is 0 Å². The van der Waals surface area contributed by atoms with Gasteiger partial charge in [0.25, 0.3) is 0 Å². The average Bonchev–Trinajstić information content (AvgIpc) is 2.53. The molecule has 0 aliphatic heterocycles. The van der Waals surface area contributed by atoms with Gasteiger partial charge in [-0.3, -0.25) is 4.79 Å². The molecule has 18 heavy (non-hydrogen) atoms. The maximum atomic E-state index is 12.4. The number of hydrogen-bond acceptors (Lipinski definition) is 3. The maximum Gasteiger partial charge on any atom is 0.226 e. The Hall–Kier alpha value is -1.06. The zero-order valence-electron chi connectivity index (χ0n) is 12.1. The molecule has 104 valence electrons. The van der Waals surface area contributed by atoms with Gasteiger partial charge in [0, 0.05) is 30.4 Å². The summed E-state index contributed by atoms with van der Waals surface area (Å²) in [6, 6.07) is 0. The molecule has 4 nitrogen and oxygen atoms in total. The molecule has 0 heterocycles. The van der Waals surface area contributed by atoms with Crippen molar-refractivity contribution in [3.8, 4) is 0 Å². The van der Waals surface area contributed by atoms with Crippen LogP contribution in [0.5, 0.6) is 0 Å². The minimum absolute atomic E-state index is 0.0787.